The summed E-state index contributed by atoms with van der Waals surface area (Å²) in [6.07, 6.45) is 1.74. The molecule has 10 nitrogen and oxygen atoms in total. The Labute approximate surface area is 158 Å². The molecule has 0 unspecified atom stereocenters. The van der Waals surface area contributed by atoms with Gasteiger partial charge in [-0.05, 0) is 24.3 Å². The Bertz CT molecular complexity index is 814. The normalized spacial score (nSPS) is 10.5. The molecule has 2 aromatic rings. The highest BCUT2D eigenvalue weighted by atomic mass is 16.6. The number of rotatable bonds is 8. The summed E-state index contributed by atoms with van der Waals surface area (Å²) in [5.41, 5.74) is 0. The summed E-state index contributed by atoms with van der Waals surface area (Å²) in [4.78, 5) is 45.6. The van der Waals surface area contributed by atoms with Crippen molar-refractivity contribution in [3.63, 3.8) is 0 Å². The largest absolute Gasteiger partial charge is 0.463 e. The third-order valence-electron chi connectivity index (χ3n) is 3.17. The van der Waals surface area contributed by atoms with Crippen LogP contribution in [0.4, 0.5) is 0 Å². The molecule has 0 spiro atoms. The summed E-state index contributed by atoms with van der Waals surface area (Å²) < 4.78 is 28.9. The van der Waals surface area contributed by atoms with E-state index in [9.17, 15) is 19.2 Å². The van der Waals surface area contributed by atoms with Crippen LogP contribution in [0.25, 0.3) is 0 Å². The Balaban J connectivity index is 1.74. The van der Waals surface area contributed by atoms with Gasteiger partial charge in [0.25, 0.3) is 0 Å². The van der Waals surface area contributed by atoms with E-state index in [0.717, 1.165) is 12.2 Å². The molecule has 0 atom stereocenters. The van der Waals surface area contributed by atoms with Crippen molar-refractivity contribution in [1.29, 1.82) is 0 Å². The highest BCUT2D eigenvalue weighted by Gasteiger charge is 2.13. The van der Waals surface area contributed by atoms with E-state index in [4.69, 9.17) is 18.3 Å². The highest BCUT2D eigenvalue weighted by Crippen LogP contribution is 2.11. The van der Waals surface area contributed by atoms with Gasteiger partial charge in [-0.1, -0.05) is 0 Å². The fourth-order valence-corrected chi connectivity index (χ4v) is 1.85. The van der Waals surface area contributed by atoms with E-state index in [0.29, 0.717) is 0 Å². The second-order valence-corrected chi connectivity index (χ2v) is 5.06. The van der Waals surface area contributed by atoms with E-state index in [1.807, 2.05) is 0 Å². The molecule has 0 aromatic carbocycles. The maximum atomic E-state index is 11.6. The summed E-state index contributed by atoms with van der Waals surface area (Å²) in [5.74, 6) is -2.56. The van der Waals surface area contributed by atoms with Gasteiger partial charge in [-0.25, -0.2) is 19.2 Å². The van der Waals surface area contributed by atoms with E-state index in [1.54, 1.807) is 0 Å². The minimum Gasteiger partial charge on any atom is -0.463 e. The first-order valence-corrected chi connectivity index (χ1v) is 7.78. The predicted octanol–water partition coefficient (Wildman–Crippen LogP) is 1.79. The van der Waals surface area contributed by atoms with Gasteiger partial charge in [-0.15, -0.1) is 0 Å². The minimum absolute atomic E-state index is 0.0269. The van der Waals surface area contributed by atoms with E-state index in [1.165, 1.54) is 38.5 Å². The Kier molecular flexibility index (Phi) is 7.14. The molecule has 0 saturated heterocycles. The quantitative estimate of drug-likeness (QED) is 0.372. The van der Waals surface area contributed by atoms with Gasteiger partial charge in [-0.2, -0.15) is 0 Å². The second kappa shape index (κ2) is 9.76. The molecule has 0 aliphatic heterocycles. The molecule has 0 aliphatic carbocycles. The number of esters is 4. The molecule has 0 radical (unpaired) electrons. The Morgan fingerprint density at radius 3 is 1.50 bits per heavy atom. The van der Waals surface area contributed by atoms with Crippen molar-refractivity contribution in [3.8, 4) is 0 Å². The van der Waals surface area contributed by atoms with Crippen LogP contribution in [0, 0.1) is 0 Å². The third-order valence-corrected chi connectivity index (χ3v) is 3.17. The van der Waals surface area contributed by atoms with Gasteiger partial charge in [0.2, 0.25) is 11.5 Å². The second-order valence-electron chi connectivity index (χ2n) is 5.06. The maximum Gasteiger partial charge on any atom is 0.373 e. The first kappa shape index (κ1) is 20.5. The number of ether oxygens (including phenoxy) is 4. The zero-order chi connectivity index (χ0) is 20.5. The van der Waals surface area contributed by atoms with Gasteiger partial charge < -0.3 is 27.8 Å². The van der Waals surface area contributed by atoms with E-state index >= 15 is 0 Å². The van der Waals surface area contributed by atoms with Crippen LogP contribution in [-0.4, -0.2) is 38.1 Å². The molecule has 0 bridgehead atoms. The van der Waals surface area contributed by atoms with Crippen LogP contribution in [0.1, 0.15) is 32.6 Å². The lowest BCUT2D eigenvalue weighted by molar-refractivity contribution is -0.142. The van der Waals surface area contributed by atoms with Crippen LogP contribution < -0.4 is 0 Å². The topological polar surface area (TPSA) is 131 Å². The minimum atomic E-state index is -0.820. The van der Waals surface area contributed by atoms with E-state index in [2.05, 4.69) is 9.47 Å². The van der Waals surface area contributed by atoms with Crippen LogP contribution in [0.5, 0.6) is 0 Å². The lowest BCUT2D eigenvalue weighted by Gasteiger charge is -2.00. The van der Waals surface area contributed by atoms with Crippen molar-refractivity contribution >= 4 is 23.9 Å². The Morgan fingerprint density at radius 2 is 1.14 bits per heavy atom. The molecule has 0 saturated carbocycles. The standard InChI is InChI=1S/C18H16O10/c1-23-17(21)13-5-3-11(27-13)9-25-15(19)7-8-16(20)26-10-12-4-6-14(28-12)18(22)24-2/h3-8H,9-10H2,1-2H3/b8-7+. The molecule has 2 aromatic heterocycles. The molecular weight excluding hydrogens is 376 g/mol. The highest BCUT2D eigenvalue weighted by molar-refractivity contribution is 5.91. The molecule has 0 amide bonds. The summed E-state index contributed by atoms with van der Waals surface area (Å²) in [6, 6.07) is 5.65. The third kappa shape index (κ3) is 5.87. The van der Waals surface area contributed by atoms with E-state index < -0.39 is 23.9 Å². The lowest BCUT2D eigenvalue weighted by Crippen LogP contribution is -2.04. The van der Waals surface area contributed by atoms with Crippen LogP contribution in [0.15, 0.2) is 45.3 Å². The van der Waals surface area contributed by atoms with Crippen molar-refractivity contribution < 1.29 is 47.0 Å². The van der Waals surface area contributed by atoms with E-state index in [-0.39, 0.29) is 36.3 Å². The van der Waals surface area contributed by atoms with Crippen LogP contribution in [-0.2, 0) is 41.8 Å². The zero-order valence-corrected chi connectivity index (χ0v) is 15.0. The number of hydrogen-bond acceptors (Lipinski definition) is 10. The van der Waals surface area contributed by atoms with Crippen LogP contribution >= 0.6 is 0 Å². The van der Waals surface area contributed by atoms with Crippen molar-refractivity contribution in [2.45, 2.75) is 13.2 Å². The maximum absolute atomic E-state index is 11.6. The van der Waals surface area contributed by atoms with Crippen molar-refractivity contribution in [1.82, 2.24) is 0 Å². The number of carbonyl (C=O) groups excluding carboxylic acids is 4. The Hall–Kier alpha value is -3.82. The lowest BCUT2D eigenvalue weighted by atomic mass is 10.4. The van der Waals surface area contributed by atoms with Crippen molar-refractivity contribution in [2.24, 2.45) is 0 Å². The SMILES string of the molecule is COC(=O)c1ccc(COC(=O)/C=C/C(=O)OCc2ccc(C(=O)OC)o2)o1. The van der Waals surface area contributed by atoms with Crippen LogP contribution in [0.2, 0.25) is 0 Å². The molecule has 148 valence electrons. The summed E-state index contributed by atoms with van der Waals surface area (Å²) in [5, 5.41) is 0. The van der Waals surface area contributed by atoms with Gasteiger partial charge in [0, 0.05) is 12.2 Å². The monoisotopic (exact) mass is 392 g/mol. The summed E-state index contributed by atoms with van der Waals surface area (Å²) in [6.45, 7) is -0.476. The van der Waals surface area contributed by atoms with Gasteiger partial charge in [-0.3, -0.25) is 0 Å². The molecule has 0 aliphatic rings. The predicted molar refractivity (Wildman–Crippen MR) is 88.8 cm³/mol. The molecule has 0 fully saturated rings. The fourth-order valence-electron chi connectivity index (χ4n) is 1.85. The fraction of sp³-hybridized carbons (Fsp3) is 0.222. The van der Waals surface area contributed by atoms with Crippen molar-refractivity contribution in [2.75, 3.05) is 14.2 Å². The number of furan rings is 2. The molecule has 10 heteroatoms. The zero-order valence-electron chi connectivity index (χ0n) is 15.0. The van der Waals surface area contributed by atoms with Gasteiger partial charge in [0.15, 0.2) is 0 Å². The van der Waals surface area contributed by atoms with Crippen LogP contribution in [0.3, 0.4) is 0 Å². The van der Waals surface area contributed by atoms with Gasteiger partial charge >= 0.3 is 23.9 Å². The first-order chi connectivity index (χ1) is 13.4. The van der Waals surface area contributed by atoms with Crippen molar-refractivity contribution in [3.05, 3.63) is 59.5 Å². The molecule has 0 N–H and O–H groups in total. The first-order valence-electron chi connectivity index (χ1n) is 7.78. The number of carbonyl (C=O) groups is 4. The summed E-state index contributed by atoms with van der Waals surface area (Å²) >= 11 is 0. The summed E-state index contributed by atoms with van der Waals surface area (Å²) in [7, 11) is 2.41. The van der Waals surface area contributed by atoms with Gasteiger partial charge in [0.1, 0.15) is 24.7 Å². The molecule has 2 rings (SSSR count). The smallest absolute Gasteiger partial charge is 0.373 e. The average molecular weight is 392 g/mol. The molecule has 28 heavy (non-hydrogen) atoms. The Morgan fingerprint density at radius 1 is 0.750 bits per heavy atom. The number of methoxy groups -OCH3 is 2. The van der Waals surface area contributed by atoms with Gasteiger partial charge in [0.05, 0.1) is 14.2 Å². The average Bonchev–Trinajstić information content (AvgIpc) is 3.37. The molecule has 2 heterocycles. The number of hydrogen-bond donors (Lipinski definition) is 0. The molecular formula is C18H16O10.